The quantitative estimate of drug-likeness (QED) is 0.873. The molecule has 0 spiro atoms. The topological polar surface area (TPSA) is 64.4 Å². The van der Waals surface area contributed by atoms with Crippen molar-refractivity contribution in [2.75, 3.05) is 7.11 Å². The van der Waals surface area contributed by atoms with E-state index >= 15 is 0 Å². The van der Waals surface area contributed by atoms with Gasteiger partial charge < -0.3 is 14.5 Å². The predicted molar refractivity (Wildman–Crippen MR) is 64.8 cm³/mol. The lowest BCUT2D eigenvalue weighted by Gasteiger charge is -2.02. The highest BCUT2D eigenvalue weighted by molar-refractivity contribution is 5.91. The average molecular weight is 246 g/mol. The van der Waals surface area contributed by atoms with Crippen LogP contribution in [0.4, 0.5) is 0 Å². The average Bonchev–Trinajstić information content (AvgIpc) is 2.86. The number of methoxy groups -OCH3 is 1. The van der Waals surface area contributed by atoms with Crippen LogP contribution < -0.4 is 5.32 Å². The van der Waals surface area contributed by atoms with Crippen LogP contribution in [0.2, 0.25) is 0 Å². The molecule has 0 atom stereocenters. The minimum atomic E-state index is -0.261. The van der Waals surface area contributed by atoms with Crippen LogP contribution in [0.5, 0.6) is 0 Å². The van der Waals surface area contributed by atoms with Crippen molar-refractivity contribution in [3.63, 3.8) is 0 Å². The lowest BCUT2D eigenvalue weighted by molar-refractivity contribution is 0.0914. The monoisotopic (exact) mass is 246 g/mol. The zero-order valence-corrected chi connectivity index (χ0v) is 10.1. The first kappa shape index (κ1) is 12.3. The van der Waals surface area contributed by atoms with Gasteiger partial charge in [-0.15, -0.1) is 0 Å². The number of hydrogen-bond donors (Lipinski definition) is 1. The predicted octanol–water partition coefficient (Wildman–Crippen LogP) is 1.75. The number of hydrogen-bond acceptors (Lipinski definition) is 4. The van der Waals surface area contributed by atoms with E-state index in [1.54, 1.807) is 25.4 Å². The molecule has 0 fully saturated rings. The molecule has 18 heavy (non-hydrogen) atoms. The van der Waals surface area contributed by atoms with E-state index < -0.39 is 0 Å². The minimum Gasteiger partial charge on any atom is -0.453 e. The summed E-state index contributed by atoms with van der Waals surface area (Å²) in [5.41, 5.74) is 0.800. The van der Waals surface area contributed by atoms with Gasteiger partial charge in [0.25, 0.3) is 5.91 Å². The number of pyridine rings is 1. The van der Waals surface area contributed by atoms with E-state index in [9.17, 15) is 4.79 Å². The highest BCUT2D eigenvalue weighted by atomic mass is 16.5. The molecule has 2 heterocycles. The molecule has 0 aliphatic carbocycles. The Morgan fingerprint density at radius 1 is 1.39 bits per heavy atom. The number of nitrogens with one attached hydrogen (secondary N) is 1. The number of furan rings is 1. The summed E-state index contributed by atoms with van der Waals surface area (Å²) in [6, 6.07) is 8.90. The molecule has 1 N–H and O–H groups in total. The number of amides is 1. The second-order valence-electron chi connectivity index (χ2n) is 3.70. The standard InChI is InChI=1S/C13H14N2O3/c1-17-9-11-5-6-12(18-11)13(16)15-8-10-4-2-3-7-14-10/h2-7H,8-9H2,1H3,(H,15,16). The molecule has 94 valence electrons. The van der Waals surface area contributed by atoms with Crippen molar-refractivity contribution in [3.05, 3.63) is 53.7 Å². The molecule has 2 aromatic rings. The van der Waals surface area contributed by atoms with Gasteiger partial charge in [-0.25, -0.2) is 0 Å². The van der Waals surface area contributed by atoms with Crippen molar-refractivity contribution >= 4 is 5.91 Å². The maximum absolute atomic E-state index is 11.8. The number of carbonyl (C=O) groups is 1. The Labute approximate surface area is 105 Å². The zero-order chi connectivity index (χ0) is 12.8. The van der Waals surface area contributed by atoms with Crippen LogP contribution in [0.3, 0.4) is 0 Å². The first-order valence-electron chi connectivity index (χ1n) is 5.55. The fraction of sp³-hybridized carbons (Fsp3) is 0.231. The van der Waals surface area contributed by atoms with E-state index in [0.29, 0.717) is 18.9 Å². The second-order valence-corrected chi connectivity index (χ2v) is 3.70. The normalized spacial score (nSPS) is 10.3. The van der Waals surface area contributed by atoms with E-state index in [4.69, 9.17) is 9.15 Å². The van der Waals surface area contributed by atoms with Crippen molar-refractivity contribution in [1.29, 1.82) is 0 Å². The Bertz CT molecular complexity index is 508. The van der Waals surface area contributed by atoms with Gasteiger partial charge >= 0.3 is 0 Å². The molecular formula is C13H14N2O3. The first-order valence-corrected chi connectivity index (χ1v) is 5.55. The van der Waals surface area contributed by atoms with Crippen LogP contribution in [0.1, 0.15) is 22.0 Å². The largest absolute Gasteiger partial charge is 0.453 e. The van der Waals surface area contributed by atoms with E-state index in [0.717, 1.165) is 5.69 Å². The number of nitrogens with zero attached hydrogens (tertiary/aromatic N) is 1. The van der Waals surface area contributed by atoms with Crippen LogP contribution in [-0.2, 0) is 17.9 Å². The Morgan fingerprint density at radius 2 is 2.28 bits per heavy atom. The van der Waals surface area contributed by atoms with Gasteiger partial charge in [-0.3, -0.25) is 9.78 Å². The highest BCUT2D eigenvalue weighted by Crippen LogP contribution is 2.08. The minimum absolute atomic E-state index is 0.261. The fourth-order valence-corrected chi connectivity index (χ4v) is 1.48. The fourth-order valence-electron chi connectivity index (χ4n) is 1.48. The Kier molecular flexibility index (Phi) is 4.09. The van der Waals surface area contributed by atoms with Gasteiger partial charge in [0.2, 0.25) is 0 Å². The third-order valence-corrected chi connectivity index (χ3v) is 2.33. The SMILES string of the molecule is COCc1ccc(C(=O)NCc2ccccn2)o1. The van der Waals surface area contributed by atoms with Crippen LogP contribution in [0.15, 0.2) is 40.9 Å². The summed E-state index contributed by atoms with van der Waals surface area (Å²) < 4.78 is 10.2. The molecule has 5 nitrogen and oxygen atoms in total. The zero-order valence-electron chi connectivity index (χ0n) is 10.1. The van der Waals surface area contributed by atoms with Crippen LogP contribution in [0, 0.1) is 0 Å². The van der Waals surface area contributed by atoms with Crippen molar-refractivity contribution in [2.45, 2.75) is 13.2 Å². The molecule has 0 radical (unpaired) electrons. The maximum Gasteiger partial charge on any atom is 0.287 e. The molecule has 5 heteroatoms. The highest BCUT2D eigenvalue weighted by Gasteiger charge is 2.10. The third kappa shape index (κ3) is 3.18. The van der Waals surface area contributed by atoms with Gasteiger partial charge in [0.15, 0.2) is 5.76 Å². The summed E-state index contributed by atoms with van der Waals surface area (Å²) in [5, 5.41) is 2.73. The molecule has 0 aliphatic heterocycles. The number of rotatable bonds is 5. The molecule has 2 rings (SSSR count). The second kappa shape index (κ2) is 5.97. The molecule has 0 aliphatic rings. The summed E-state index contributed by atoms with van der Waals surface area (Å²) in [4.78, 5) is 15.9. The van der Waals surface area contributed by atoms with Crippen molar-refractivity contribution in [2.24, 2.45) is 0 Å². The number of aromatic nitrogens is 1. The van der Waals surface area contributed by atoms with Crippen LogP contribution >= 0.6 is 0 Å². The third-order valence-electron chi connectivity index (χ3n) is 2.33. The molecule has 1 amide bonds. The Balaban J connectivity index is 1.91. The lowest BCUT2D eigenvalue weighted by Crippen LogP contribution is -2.22. The van der Waals surface area contributed by atoms with Gasteiger partial charge in [-0.05, 0) is 24.3 Å². The van der Waals surface area contributed by atoms with Gasteiger partial charge in [0.05, 0.1) is 12.2 Å². The van der Waals surface area contributed by atoms with E-state index in [1.807, 2.05) is 18.2 Å². The van der Waals surface area contributed by atoms with Crippen molar-refractivity contribution in [3.8, 4) is 0 Å². The van der Waals surface area contributed by atoms with Gasteiger partial charge in [0.1, 0.15) is 12.4 Å². The van der Waals surface area contributed by atoms with Gasteiger partial charge in [-0.1, -0.05) is 6.07 Å². The smallest absolute Gasteiger partial charge is 0.287 e. The van der Waals surface area contributed by atoms with Crippen molar-refractivity contribution in [1.82, 2.24) is 10.3 Å². The summed E-state index contributed by atoms with van der Waals surface area (Å²) in [5.74, 6) is 0.640. The molecule has 2 aromatic heterocycles. The summed E-state index contributed by atoms with van der Waals surface area (Å²) >= 11 is 0. The molecular weight excluding hydrogens is 232 g/mol. The van der Waals surface area contributed by atoms with Crippen molar-refractivity contribution < 1.29 is 13.9 Å². The first-order chi connectivity index (χ1) is 8.79. The van der Waals surface area contributed by atoms with E-state index in [1.165, 1.54) is 0 Å². The van der Waals surface area contributed by atoms with Gasteiger partial charge in [0, 0.05) is 13.3 Å². The molecule has 0 saturated carbocycles. The molecule has 0 saturated heterocycles. The molecule has 0 aromatic carbocycles. The summed E-state index contributed by atoms with van der Waals surface area (Å²) in [6.45, 7) is 0.730. The Morgan fingerprint density at radius 3 is 3.00 bits per heavy atom. The summed E-state index contributed by atoms with van der Waals surface area (Å²) in [7, 11) is 1.57. The van der Waals surface area contributed by atoms with Crippen LogP contribution in [0.25, 0.3) is 0 Å². The van der Waals surface area contributed by atoms with E-state index in [-0.39, 0.29) is 11.7 Å². The molecule has 0 unspecified atom stereocenters. The Hall–Kier alpha value is -2.14. The van der Waals surface area contributed by atoms with E-state index in [2.05, 4.69) is 10.3 Å². The maximum atomic E-state index is 11.8. The number of carbonyl (C=O) groups excluding carboxylic acids is 1. The lowest BCUT2D eigenvalue weighted by atomic mass is 10.3. The molecule has 0 bridgehead atoms. The van der Waals surface area contributed by atoms with Crippen LogP contribution in [-0.4, -0.2) is 18.0 Å². The van der Waals surface area contributed by atoms with Gasteiger partial charge in [-0.2, -0.15) is 0 Å². The summed E-state index contributed by atoms with van der Waals surface area (Å²) in [6.07, 6.45) is 1.69. The number of ether oxygens (including phenoxy) is 1.